The third-order valence-corrected chi connectivity index (χ3v) is 3.19. The number of aromatic nitrogens is 1. The van der Waals surface area contributed by atoms with E-state index in [0.717, 1.165) is 17.1 Å². The van der Waals surface area contributed by atoms with Crippen LogP contribution in [-0.2, 0) is 11.9 Å². The van der Waals surface area contributed by atoms with Crippen LogP contribution in [0.1, 0.15) is 11.1 Å². The minimum Gasteiger partial charge on any atom is -0.493 e. The molecule has 2 rings (SSSR count). The molecule has 0 spiro atoms. The van der Waals surface area contributed by atoms with Crippen LogP contribution in [0.2, 0.25) is 0 Å². The summed E-state index contributed by atoms with van der Waals surface area (Å²) in [6, 6.07) is 7.08. The lowest BCUT2D eigenvalue weighted by molar-refractivity contribution is 0.283. The molecule has 0 bridgehead atoms. The Morgan fingerprint density at radius 1 is 1.16 bits per heavy atom. The molecule has 19 heavy (non-hydrogen) atoms. The van der Waals surface area contributed by atoms with Gasteiger partial charge in [0.1, 0.15) is 12.4 Å². The lowest BCUT2D eigenvalue weighted by Crippen LogP contribution is -1.99. The second kappa shape index (κ2) is 6.52. The van der Waals surface area contributed by atoms with Crippen molar-refractivity contribution in [2.45, 2.75) is 11.9 Å². The van der Waals surface area contributed by atoms with Gasteiger partial charge >= 0.3 is 0 Å². The number of rotatable bonds is 5. The average molecular weight is 326 g/mol. The van der Waals surface area contributed by atoms with E-state index in [9.17, 15) is 4.39 Å². The molecule has 0 N–H and O–H groups in total. The van der Waals surface area contributed by atoms with Crippen LogP contribution in [0.3, 0.4) is 0 Å². The van der Waals surface area contributed by atoms with Crippen molar-refractivity contribution < 1.29 is 13.9 Å². The predicted octanol–water partition coefficient (Wildman–Crippen LogP) is 3.70. The van der Waals surface area contributed by atoms with Crippen LogP contribution in [0.25, 0.3) is 0 Å². The van der Waals surface area contributed by atoms with Crippen LogP contribution < -0.4 is 9.47 Å². The van der Waals surface area contributed by atoms with E-state index in [1.54, 1.807) is 13.3 Å². The first-order valence-corrected chi connectivity index (χ1v) is 6.80. The number of methoxy groups -OCH3 is 1. The molecular weight excluding hydrogens is 313 g/mol. The zero-order chi connectivity index (χ0) is 13.7. The highest BCUT2D eigenvalue weighted by molar-refractivity contribution is 9.08. The Labute approximate surface area is 119 Å². The Kier molecular flexibility index (Phi) is 4.74. The van der Waals surface area contributed by atoms with Crippen molar-refractivity contribution in [1.82, 2.24) is 4.98 Å². The van der Waals surface area contributed by atoms with Crippen LogP contribution in [0.5, 0.6) is 11.5 Å². The molecule has 0 fully saturated rings. The van der Waals surface area contributed by atoms with E-state index in [4.69, 9.17) is 9.47 Å². The highest BCUT2D eigenvalue weighted by atomic mass is 79.9. The number of benzene rings is 1. The topological polar surface area (TPSA) is 31.4 Å². The molecule has 0 saturated carbocycles. The largest absolute Gasteiger partial charge is 0.493 e. The normalized spacial score (nSPS) is 10.3. The fourth-order valence-corrected chi connectivity index (χ4v) is 1.96. The molecular formula is C14H13BrFNO2. The monoisotopic (exact) mass is 325 g/mol. The van der Waals surface area contributed by atoms with Crippen LogP contribution >= 0.6 is 15.9 Å². The van der Waals surface area contributed by atoms with Crippen molar-refractivity contribution in [2.24, 2.45) is 0 Å². The van der Waals surface area contributed by atoms with Crippen molar-refractivity contribution in [3.05, 3.63) is 53.6 Å². The molecule has 100 valence electrons. The van der Waals surface area contributed by atoms with Gasteiger partial charge in [-0.3, -0.25) is 4.98 Å². The third kappa shape index (κ3) is 3.67. The average Bonchev–Trinajstić information content (AvgIpc) is 2.45. The summed E-state index contributed by atoms with van der Waals surface area (Å²) in [7, 11) is 1.58. The number of hydrogen-bond donors (Lipinski definition) is 0. The van der Waals surface area contributed by atoms with E-state index in [1.165, 1.54) is 6.07 Å². The lowest BCUT2D eigenvalue weighted by atomic mass is 10.2. The first-order valence-electron chi connectivity index (χ1n) is 5.68. The van der Waals surface area contributed by atoms with Crippen LogP contribution in [0.15, 0.2) is 36.7 Å². The zero-order valence-electron chi connectivity index (χ0n) is 10.4. The van der Waals surface area contributed by atoms with E-state index in [2.05, 4.69) is 20.9 Å². The molecule has 1 aromatic carbocycles. The van der Waals surface area contributed by atoms with Gasteiger partial charge in [0.25, 0.3) is 0 Å². The van der Waals surface area contributed by atoms with Gasteiger partial charge in [0.05, 0.1) is 13.3 Å². The zero-order valence-corrected chi connectivity index (χ0v) is 12.0. The summed E-state index contributed by atoms with van der Waals surface area (Å²) in [5, 5.41) is 0.731. The van der Waals surface area contributed by atoms with Gasteiger partial charge in [-0.2, -0.15) is 0 Å². The molecule has 0 unspecified atom stereocenters. The van der Waals surface area contributed by atoms with E-state index < -0.39 is 0 Å². The summed E-state index contributed by atoms with van der Waals surface area (Å²) < 4.78 is 23.9. The summed E-state index contributed by atoms with van der Waals surface area (Å²) in [6.07, 6.45) is 2.74. The summed E-state index contributed by atoms with van der Waals surface area (Å²) >= 11 is 3.39. The Balaban J connectivity index is 2.14. The minimum absolute atomic E-state index is 0.243. The van der Waals surface area contributed by atoms with Crippen LogP contribution in [0.4, 0.5) is 4.39 Å². The molecule has 0 aliphatic heterocycles. The van der Waals surface area contributed by atoms with Crippen LogP contribution in [0, 0.1) is 5.82 Å². The molecule has 0 aliphatic rings. The first-order chi connectivity index (χ1) is 9.22. The van der Waals surface area contributed by atoms with Crippen molar-refractivity contribution in [1.29, 1.82) is 0 Å². The second-order valence-corrected chi connectivity index (χ2v) is 4.48. The van der Waals surface area contributed by atoms with Crippen LogP contribution in [-0.4, -0.2) is 12.1 Å². The van der Waals surface area contributed by atoms with Gasteiger partial charge in [0.15, 0.2) is 11.5 Å². The highest BCUT2D eigenvalue weighted by Crippen LogP contribution is 2.29. The molecule has 0 atom stereocenters. The fourth-order valence-electron chi connectivity index (χ4n) is 1.61. The smallest absolute Gasteiger partial charge is 0.161 e. The first kappa shape index (κ1) is 13.8. The van der Waals surface area contributed by atoms with Gasteiger partial charge < -0.3 is 9.47 Å². The number of halogens is 2. The van der Waals surface area contributed by atoms with Gasteiger partial charge in [0.2, 0.25) is 0 Å². The molecule has 2 aromatic rings. The van der Waals surface area contributed by atoms with Gasteiger partial charge in [-0.1, -0.05) is 22.0 Å². The number of pyridine rings is 1. The summed E-state index contributed by atoms with van der Waals surface area (Å²) in [6.45, 7) is 0.243. The maximum absolute atomic E-state index is 13.0. The van der Waals surface area contributed by atoms with E-state index >= 15 is 0 Å². The van der Waals surface area contributed by atoms with Crippen molar-refractivity contribution in [3.63, 3.8) is 0 Å². The van der Waals surface area contributed by atoms with Gasteiger partial charge in [0, 0.05) is 17.1 Å². The van der Waals surface area contributed by atoms with Gasteiger partial charge in [-0.05, 0) is 23.8 Å². The number of ether oxygens (including phenoxy) is 2. The molecule has 0 aliphatic carbocycles. The Morgan fingerprint density at radius 2 is 2.00 bits per heavy atom. The Bertz CT molecular complexity index is 563. The Morgan fingerprint density at radius 3 is 2.68 bits per heavy atom. The van der Waals surface area contributed by atoms with Crippen molar-refractivity contribution >= 4 is 15.9 Å². The predicted molar refractivity (Wildman–Crippen MR) is 74.2 cm³/mol. The number of nitrogens with zero attached hydrogens (tertiary/aromatic N) is 1. The van der Waals surface area contributed by atoms with E-state index in [1.807, 2.05) is 18.2 Å². The Hall–Kier alpha value is -1.62. The fraction of sp³-hybridized carbons (Fsp3) is 0.214. The van der Waals surface area contributed by atoms with E-state index in [-0.39, 0.29) is 12.4 Å². The number of hydrogen-bond acceptors (Lipinski definition) is 3. The lowest BCUT2D eigenvalue weighted by Gasteiger charge is -2.11. The van der Waals surface area contributed by atoms with Crippen molar-refractivity contribution in [2.75, 3.05) is 7.11 Å². The quantitative estimate of drug-likeness (QED) is 0.785. The summed E-state index contributed by atoms with van der Waals surface area (Å²) in [5.41, 5.74) is 1.75. The minimum atomic E-state index is -0.373. The van der Waals surface area contributed by atoms with E-state index in [0.29, 0.717) is 17.1 Å². The highest BCUT2D eigenvalue weighted by Gasteiger charge is 2.06. The van der Waals surface area contributed by atoms with Gasteiger partial charge in [-0.15, -0.1) is 0 Å². The SMILES string of the molecule is COc1ccc(CBr)cc1OCc1cncc(F)c1. The standard InChI is InChI=1S/C14H13BrFNO2/c1-18-13-3-2-10(6-15)5-14(13)19-9-11-4-12(16)8-17-7-11/h2-5,7-8H,6,9H2,1H3. The molecule has 1 heterocycles. The molecule has 1 aromatic heterocycles. The van der Waals surface area contributed by atoms with Gasteiger partial charge in [-0.25, -0.2) is 4.39 Å². The number of alkyl halides is 1. The summed E-state index contributed by atoms with van der Waals surface area (Å²) in [5.74, 6) is 0.903. The van der Waals surface area contributed by atoms with Crippen molar-refractivity contribution in [3.8, 4) is 11.5 Å². The molecule has 0 amide bonds. The molecule has 0 radical (unpaired) electrons. The maximum atomic E-state index is 13.0. The molecule has 5 heteroatoms. The third-order valence-electron chi connectivity index (χ3n) is 2.54. The summed E-state index contributed by atoms with van der Waals surface area (Å²) in [4.78, 5) is 3.78. The maximum Gasteiger partial charge on any atom is 0.161 e. The molecule has 0 saturated heterocycles. The molecule has 3 nitrogen and oxygen atoms in total. The second-order valence-electron chi connectivity index (χ2n) is 3.92.